The maximum atomic E-state index is 12.6. The smallest absolute Gasteiger partial charge is 0.257 e. The zero-order valence-corrected chi connectivity index (χ0v) is 17.1. The van der Waals surface area contributed by atoms with E-state index in [1.165, 1.54) is 0 Å². The van der Waals surface area contributed by atoms with Crippen LogP contribution in [0.4, 0.5) is 22.9 Å². The van der Waals surface area contributed by atoms with E-state index < -0.39 is 0 Å². The van der Waals surface area contributed by atoms with Crippen molar-refractivity contribution in [1.82, 2.24) is 4.98 Å². The number of benzene rings is 2. The fraction of sp³-hybridized carbons (Fsp3) is 0.217. The molecule has 0 atom stereocenters. The molecule has 2 aromatic carbocycles. The molecule has 0 saturated heterocycles. The molecule has 150 valence electrons. The molecular weight excluding hydrogens is 364 g/mol. The monoisotopic (exact) mass is 390 g/mol. The summed E-state index contributed by atoms with van der Waals surface area (Å²) in [6, 6.07) is 18.9. The number of amides is 1. The van der Waals surface area contributed by atoms with Crippen molar-refractivity contribution in [3.63, 3.8) is 0 Å². The average Bonchev–Trinajstić information content (AvgIpc) is 2.70. The Morgan fingerprint density at radius 3 is 2.34 bits per heavy atom. The number of pyridine rings is 1. The van der Waals surface area contributed by atoms with Gasteiger partial charge in [-0.1, -0.05) is 12.1 Å². The highest BCUT2D eigenvalue weighted by Crippen LogP contribution is 2.25. The molecule has 0 radical (unpaired) electrons. The molecule has 1 aromatic heterocycles. The zero-order valence-electron chi connectivity index (χ0n) is 17.1. The van der Waals surface area contributed by atoms with Gasteiger partial charge in [-0.3, -0.25) is 4.79 Å². The Kier molecular flexibility index (Phi) is 6.34. The minimum absolute atomic E-state index is 0.0202. The Hall–Kier alpha value is -3.54. The molecule has 1 amide bonds. The molecule has 6 heteroatoms. The Morgan fingerprint density at radius 1 is 1.00 bits per heavy atom. The van der Waals surface area contributed by atoms with Crippen molar-refractivity contribution < 1.29 is 9.53 Å². The topological polar surface area (TPSA) is 66.5 Å². The summed E-state index contributed by atoms with van der Waals surface area (Å²) in [6.45, 7) is 3.89. The minimum atomic E-state index is -0.237. The maximum Gasteiger partial charge on any atom is 0.257 e. The number of hydrogen-bond donors (Lipinski definition) is 2. The molecular formula is C23H26N4O2. The van der Waals surface area contributed by atoms with E-state index in [2.05, 4.69) is 15.6 Å². The van der Waals surface area contributed by atoms with Crippen LogP contribution in [0.3, 0.4) is 0 Å². The van der Waals surface area contributed by atoms with Gasteiger partial charge in [-0.25, -0.2) is 4.98 Å². The van der Waals surface area contributed by atoms with E-state index in [0.717, 1.165) is 11.4 Å². The van der Waals surface area contributed by atoms with Crippen LogP contribution >= 0.6 is 0 Å². The number of para-hydroxylation sites is 2. The SMILES string of the molecule is CC(C)Oc1ccccc1NC(=O)c1ccc(Nc2ccc(N(C)C)cc2)nc1. The number of aromatic nitrogens is 1. The molecule has 1 heterocycles. The van der Waals surface area contributed by atoms with Gasteiger partial charge in [0.25, 0.3) is 5.91 Å². The van der Waals surface area contributed by atoms with Gasteiger partial charge in [0.2, 0.25) is 0 Å². The summed E-state index contributed by atoms with van der Waals surface area (Å²) in [7, 11) is 4.00. The maximum absolute atomic E-state index is 12.6. The van der Waals surface area contributed by atoms with Crippen molar-refractivity contribution in [1.29, 1.82) is 0 Å². The standard InChI is InChI=1S/C23H26N4O2/c1-16(2)29-21-8-6-5-7-20(21)26-23(28)17-9-14-22(24-15-17)25-18-10-12-19(13-11-18)27(3)4/h5-16H,1-4H3,(H,24,25)(H,26,28). The highest BCUT2D eigenvalue weighted by atomic mass is 16.5. The summed E-state index contributed by atoms with van der Waals surface area (Å²) in [4.78, 5) is 19.0. The van der Waals surface area contributed by atoms with Crippen LogP contribution in [0, 0.1) is 0 Å². The van der Waals surface area contributed by atoms with Gasteiger partial charge in [-0.2, -0.15) is 0 Å². The van der Waals surface area contributed by atoms with Crippen LogP contribution < -0.4 is 20.3 Å². The molecule has 2 N–H and O–H groups in total. The quantitative estimate of drug-likeness (QED) is 0.599. The number of carbonyl (C=O) groups is 1. The summed E-state index contributed by atoms with van der Waals surface area (Å²) in [5.74, 6) is 1.07. The number of nitrogens with zero attached hydrogens (tertiary/aromatic N) is 2. The van der Waals surface area contributed by atoms with Crippen molar-refractivity contribution >= 4 is 28.8 Å². The largest absolute Gasteiger partial charge is 0.489 e. The van der Waals surface area contributed by atoms with E-state index in [9.17, 15) is 4.79 Å². The first-order chi connectivity index (χ1) is 13.9. The van der Waals surface area contributed by atoms with E-state index in [4.69, 9.17) is 4.74 Å². The van der Waals surface area contributed by atoms with Gasteiger partial charge in [-0.05, 0) is 62.4 Å². The molecule has 0 aliphatic rings. The first-order valence-corrected chi connectivity index (χ1v) is 9.50. The van der Waals surface area contributed by atoms with Gasteiger partial charge >= 0.3 is 0 Å². The van der Waals surface area contributed by atoms with Crippen molar-refractivity contribution in [2.24, 2.45) is 0 Å². The molecule has 0 aliphatic heterocycles. The highest BCUT2D eigenvalue weighted by molar-refractivity contribution is 6.04. The molecule has 29 heavy (non-hydrogen) atoms. The number of rotatable bonds is 7. The van der Waals surface area contributed by atoms with Gasteiger partial charge in [-0.15, -0.1) is 0 Å². The minimum Gasteiger partial charge on any atom is -0.489 e. The lowest BCUT2D eigenvalue weighted by Crippen LogP contribution is -2.14. The molecule has 0 saturated carbocycles. The second-order valence-corrected chi connectivity index (χ2v) is 7.12. The molecule has 0 spiro atoms. The molecule has 6 nitrogen and oxygen atoms in total. The van der Waals surface area contributed by atoms with E-state index >= 15 is 0 Å². The molecule has 0 aliphatic carbocycles. The lowest BCUT2D eigenvalue weighted by atomic mass is 10.2. The zero-order chi connectivity index (χ0) is 20.8. The second kappa shape index (κ2) is 9.10. The van der Waals surface area contributed by atoms with Crippen LogP contribution in [0.15, 0.2) is 66.9 Å². The van der Waals surface area contributed by atoms with Crippen molar-refractivity contribution in [3.05, 3.63) is 72.4 Å². The Morgan fingerprint density at radius 2 is 1.72 bits per heavy atom. The molecule has 3 rings (SSSR count). The second-order valence-electron chi connectivity index (χ2n) is 7.12. The molecule has 0 bridgehead atoms. The Labute approximate surface area is 171 Å². The number of carbonyl (C=O) groups excluding carboxylic acids is 1. The van der Waals surface area contributed by atoms with Crippen LogP contribution in [0.25, 0.3) is 0 Å². The van der Waals surface area contributed by atoms with E-state index in [0.29, 0.717) is 22.8 Å². The molecule has 3 aromatic rings. The Bertz CT molecular complexity index is 951. The highest BCUT2D eigenvalue weighted by Gasteiger charge is 2.11. The third kappa shape index (κ3) is 5.48. The van der Waals surface area contributed by atoms with Crippen LogP contribution in [0.2, 0.25) is 0 Å². The van der Waals surface area contributed by atoms with Crippen LogP contribution in [-0.2, 0) is 0 Å². The van der Waals surface area contributed by atoms with Gasteiger partial charge in [0, 0.05) is 31.7 Å². The van der Waals surface area contributed by atoms with Gasteiger partial charge in [0.15, 0.2) is 0 Å². The first kappa shape index (κ1) is 20.2. The van der Waals surface area contributed by atoms with Gasteiger partial charge in [0.1, 0.15) is 11.6 Å². The van der Waals surface area contributed by atoms with Gasteiger partial charge in [0.05, 0.1) is 17.4 Å². The van der Waals surface area contributed by atoms with Crippen molar-refractivity contribution in [2.75, 3.05) is 29.6 Å². The van der Waals surface area contributed by atoms with Crippen molar-refractivity contribution in [2.45, 2.75) is 20.0 Å². The summed E-state index contributed by atoms with van der Waals surface area (Å²) >= 11 is 0. The van der Waals surface area contributed by atoms with E-state index in [1.807, 2.05) is 81.4 Å². The summed E-state index contributed by atoms with van der Waals surface area (Å²) in [6.07, 6.45) is 1.57. The predicted molar refractivity (Wildman–Crippen MR) is 118 cm³/mol. The number of nitrogens with one attached hydrogen (secondary N) is 2. The molecule has 0 fully saturated rings. The van der Waals surface area contributed by atoms with Gasteiger partial charge < -0.3 is 20.3 Å². The third-order valence-corrected chi connectivity index (χ3v) is 4.18. The third-order valence-electron chi connectivity index (χ3n) is 4.18. The normalized spacial score (nSPS) is 10.5. The lowest BCUT2D eigenvalue weighted by molar-refractivity contribution is 0.102. The predicted octanol–water partition coefficient (Wildman–Crippen LogP) is 4.93. The number of anilines is 4. The first-order valence-electron chi connectivity index (χ1n) is 9.50. The van der Waals surface area contributed by atoms with E-state index in [-0.39, 0.29) is 12.0 Å². The number of hydrogen-bond acceptors (Lipinski definition) is 5. The summed E-state index contributed by atoms with van der Waals surface area (Å²) < 4.78 is 5.75. The fourth-order valence-corrected chi connectivity index (χ4v) is 2.71. The molecule has 0 unspecified atom stereocenters. The van der Waals surface area contributed by atoms with Crippen molar-refractivity contribution in [3.8, 4) is 5.75 Å². The summed E-state index contributed by atoms with van der Waals surface area (Å²) in [5, 5.41) is 6.12. The average molecular weight is 390 g/mol. The number of ether oxygens (including phenoxy) is 1. The van der Waals surface area contributed by atoms with Crippen LogP contribution in [-0.4, -0.2) is 31.1 Å². The van der Waals surface area contributed by atoms with Crippen LogP contribution in [0.1, 0.15) is 24.2 Å². The van der Waals surface area contributed by atoms with E-state index in [1.54, 1.807) is 18.3 Å². The fourth-order valence-electron chi connectivity index (χ4n) is 2.71. The summed E-state index contributed by atoms with van der Waals surface area (Å²) in [5.41, 5.74) is 3.16. The Balaban J connectivity index is 1.66. The lowest BCUT2D eigenvalue weighted by Gasteiger charge is -2.15. The van der Waals surface area contributed by atoms with Crippen LogP contribution in [0.5, 0.6) is 5.75 Å².